The number of aromatic amines is 1. The fourth-order valence-electron chi connectivity index (χ4n) is 3.10. The Morgan fingerprint density at radius 2 is 2.03 bits per heavy atom. The molecule has 0 radical (unpaired) electrons. The van der Waals surface area contributed by atoms with Gasteiger partial charge < -0.3 is 14.0 Å². The molecular formula is C21H21N5O4. The van der Waals surface area contributed by atoms with Crippen molar-refractivity contribution in [3.8, 4) is 11.7 Å². The topological polar surface area (TPSA) is 104 Å². The number of carbonyl (C=O) groups is 1. The Kier molecular flexibility index (Phi) is 5.60. The zero-order valence-corrected chi connectivity index (χ0v) is 16.4. The van der Waals surface area contributed by atoms with Gasteiger partial charge in [-0.1, -0.05) is 18.2 Å². The molecule has 0 fully saturated rings. The summed E-state index contributed by atoms with van der Waals surface area (Å²) in [4.78, 5) is 31.7. The van der Waals surface area contributed by atoms with Crippen molar-refractivity contribution in [1.29, 1.82) is 0 Å². The van der Waals surface area contributed by atoms with Gasteiger partial charge in [-0.25, -0.2) is 14.5 Å². The largest absolute Gasteiger partial charge is 0.494 e. The van der Waals surface area contributed by atoms with Gasteiger partial charge in [0.25, 0.3) is 5.56 Å². The molecule has 0 aliphatic rings. The summed E-state index contributed by atoms with van der Waals surface area (Å²) in [6, 6.07) is 11.4. The van der Waals surface area contributed by atoms with Crippen LogP contribution in [-0.2, 0) is 11.3 Å². The van der Waals surface area contributed by atoms with Crippen LogP contribution < -0.4 is 10.3 Å². The molecule has 3 aromatic heterocycles. The molecule has 4 rings (SSSR count). The van der Waals surface area contributed by atoms with E-state index in [4.69, 9.17) is 9.47 Å². The van der Waals surface area contributed by atoms with E-state index in [0.717, 1.165) is 12.2 Å². The molecule has 1 N–H and O–H groups in total. The third-order valence-electron chi connectivity index (χ3n) is 4.47. The van der Waals surface area contributed by atoms with Gasteiger partial charge in [-0.2, -0.15) is 5.10 Å². The van der Waals surface area contributed by atoms with Crippen LogP contribution in [0.15, 0.2) is 59.8 Å². The van der Waals surface area contributed by atoms with Crippen LogP contribution in [0.3, 0.4) is 0 Å². The van der Waals surface area contributed by atoms with Crippen molar-refractivity contribution in [3.05, 3.63) is 70.9 Å². The zero-order valence-electron chi connectivity index (χ0n) is 16.4. The van der Waals surface area contributed by atoms with Gasteiger partial charge in [0.1, 0.15) is 11.3 Å². The van der Waals surface area contributed by atoms with Crippen LogP contribution in [0.2, 0.25) is 0 Å². The highest BCUT2D eigenvalue weighted by atomic mass is 16.5. The molecule has 0 spiro atoms. The van der Waals surface area contributed by atoms with Crippen molar-refractivity contribution >= 4 is 17.0 Å². The number of aryl methyl sites for hydroxylation is 1. The monoisotopic (exact) mass is 407 g/mol. The first kappa shape index (κ1) is 19.4. The first-order valence-corrected chi connectivity index (χ1v) is 9.65. The molecule has 3 heterocycles. The summed E-state index contributed by atoms with van der Waals surface area (Å²) < 4.78 is 13.8. The van der Waals surface area contributed by atoms with Gasteiger partial charge in [0.05, 0.1) is 30.5 Å². The first-order chi connectivity index (χ1) is 14.7. The van der Waals surface area contributed by atoms with Gasteiger partial charge in [0.2, 0.25) is 5.95 Å². The van der Waals surface area contributed by atoms with Crippen molar-refractivity contribution in [2.75, 3.05) is 13.2 Å². The molecule has 0 aliphatic carbocycles. The average Bonchev–Trinajstić information content (AvgIpc) is 3.40. The van der Waals surface area contributed by atoms with Gasteiger partial charge >= 0.3 is 5.97 Å². The molecule has 0 bridgehead atoms. The summed E-state index contributed by atoms with van der Waals surface area (Å²) in [5, 5.41) is 4.09. The van der Waals surface area contributed by atoms with E-state index in [2.05, 4.69) is 15.1 Å². The van der Waals surface area contributed by atoms with Gasteiger partial charge in [-0.05, 0) is 31.5 Å². The number of nitrogens with one attached hydrogen (secondary N) is 1. The van der Waals surface area contributed by atoms with Crippen molar-refractivity contribution in [1.82, 2.24) is 24.3 Å². The molecule has 0 amide bonds. The molecule has 9 nitrogen and oxygen atoms in total. The van der Waals surface area contributed by atoms with Crippen LogP contribution in [0.4, 0.5) is 0 Å². The summed E-state index contributed by atoms with van der Waals surface area (Å²) in [5.41, 5.74) is 1.04. The molecule has 0 saturated carbocycles. The van der Waals surface area contributed by atoms with E-state index in [1.54, 1.807) is 13.0 Å². The lowest BCUT2D eigenvalue weighted by Crippen LogP contribution is -2.16. The van der Waals surface area contributed by atoms with Crippen LogP contribution in [0.25, 0.3) is 17.0 Å². The second-order valence-corrected chi connectivity index (χ2v) is 6.54. The van der Waals surface area contributed by atoms with Crippen molar-refractivity contribution < 1.29 is 14.3 Å². The number of hydrogen-bond acceptors (Lipinski definition) is 6. The van der Waals surface area contributed by atoms with Crippen LogP contribution in [0, 0.1) is 0 Å². The first-order valence-electron chi connectivity index (χ1n) is 9.65. The number of aromatic nitrogens is 5. The molecule has 1 aromatic carbocycles. The van der Waals surface area contributed by atoms with Gasteiger partial charge in [0.15, 0.2) is 0 Å². The fraction of sp³-hybridized carbons (Fsp3) is 0.238. The molecule has 0 saturated heterocycles. The van der Waals surface area contributed by atoms with Crippen LogP contribution in [0.1, 0.15) is 23.7 Å². The smallest absolute Gasteiger partial charge is 0.341 e. The highest BCUT2D eigenvalue weighted by molar-refractivity contribution is 5.88. The lowest BCUT2D eigenvalue weighted by Gasteiger charge is -2.08. The fourth-order valence-corrected chi connectivity index (χ4v) is 3.10. The van der Waals surface area contributed by atoms with Crippen LogP contribution in [-0.4, -0.2) is 43.5 Å². The lowest BCUT2D eigenvalue weighted by atomic mass is 10.3. The number of hydrogen-bond donors (Lipinski definition) is 1. The summed E-state index contributed by atoms with van der Waals surface area (Å²) in [6.45, 7) is 3.16. The van der Waals surface area contributed by atoms with E-state index in [0.29, 0.717) is 24.2 Å². The maximum absolute atomic E-state index is 12.7. The summed E-state index contributed by atoms with van der Waals surface area (Å²) in [7, 11) is 0. The number of esters is 1. The van der Waals surface area contributed by atoms with E-state index in [1.807, 2.05) is 41.1 Å². The molecule has 9 heteroatoms. The Labute approximate surface area is 171 Å². The second kappa shape index (κ2) is 8.64. The Morgan fingerprint density at radius 1 is 1.20 bits per heavy atom. The van der Waals surface area contributed by atoms with E-state index in [9.17, 15) is 9.59 Å². The Balaban J connectivity index is 1.48. The average molecular weight is 407 g/mol. The number of benzene rings is 1. The number of carbonyl (C=O) groups excluding carboxylic acids is 1. The number of fused-ring (bicyclic) bond motifs is 1. The SMILES string of the molecule is CCOC(=O)c1cnn(-c2nc3ccn(CCCOc4ccccc4)c3c(=O)[nH]2)c1. The van der Waals surface area contributed by atoms with E-state index in [-0.39, 0.29) is 23.7 Å². The minimum absolute atomic E-state index is 0.230. The maximum Gasteiger partial charge on any atom is 0.341 e. The predicted octanol–water partition coefficient (Wildman–Crippen LogP) is 2.56. The van der Waals surface area contributed by atoms with E-state index < -0.39 is 5.97 Å². The highest BCUT2D eigenvalue weighted by Gasteiger charge is 2.14. The molecule has 0 aliphatic heterocycles. The number of nitrogens with zero attached hydrogens (tertiary/aromatic N) is 4. The minimum Gasteiger partial charge on any atom is -0.494 e. The van der Waals surface area contributed by atoms with Crippen LogP contribution >= 0.6 is 0 Å². The van der Waals surface area contributed by atoms with Gasteiger partial charge in [-0.3, -0.25) is 9.78 Å². The third-order valence-corrected chi connectivity index (χ3v) is 4.47. The van der Waals surface area contributed by atoms with Gasteiger partial charge in [0, 0.05) is 18.9 Å². The van der Waals surface area contributed by atoms with Crippen molar-refractivity contribution in [2.24, 2.45) is 0 Å². The summed E-state index contributed by atoms with van der Waals surface area (Å²) in [5.74, 6) is 0.574. The third kappa shape index (κ3) is 4.09. The quantitative estimate of drug-likeness (QED) is 0.356. The van der Waals surface area contributed by atoms with Crippen molar-refractivity contribution in [3.63, 3.8) is 0 Å². The zero-order chi connectivity index (χ0) is 20.9. The second-order valence-electron chi connectivity index (χ2n) is 6.54. The highest BCUT2D eigenvalue weighted by Crippen LogP contribution is 2.13. The normalized spacial score (nSPS) is 11.0. The lowest BCUT2D eigenvalue weighted by molar-refractivity contribution is 0.0526. The summed E-state index contributed by atoms with van der Waals surface area (Å²) >= 11 is 0. The molecule has 4 aromatic rings. The molecule has 30 heavy (non-hydrogen) atoms. The van der Waals surface area contributed by atoms with E-state index >= 15 is 0 Å². The molecular weight excluding hydrogens is 386 g/mol. The standard InChI is InChI=1S/C21H21N5O4/c1-2-29-20(28)15-13-22-26(14-15)21-23-17-9-11-25(18(17)19(27)24-21)10-6-12-30-16-7-4-3-5-8-16/h3-5,7-9,11,13-14H,2,6,10,12H2,1H3,(H,23,24,27). The number of H-pyrrole nitrogens is 1. The summed E-state index contributed by atoms with van der Waals surface area (Å²) in [6.07, 6.45) is 5.41. The van der Waals surface area contributed by atoms with Gasteiger partial charge in [-0.15, -0.1) is 0 Å². The number of rotatable bonds is 8. The Bertz CT molecular complexity index is 1210. The minimum atomic E-state index is -0.476. The number of para-hydroxylation sites is 1. The number of ether oxygens (including phenoxy) is 2. The van der Waals surface area contributed by atoms with Crippen molar-refractivity contribution in [2.45, 2.75) is 19.9 Å². The maximum atomic E-state index is 12.7. The molecule has 0 atom stereocenters. The Hall–Kier alpha value is -3.88. The predicted molar refractivity (Wildman–Crippen MR) is 110 cm³/mol. The van der Waals surface area contributed by atoms with Crippen LogP contribution in [0.5, 0.6) is 5.75 Å². The Morgan fingerprint density at radius 3 is 2.83 bits per heavy atom. The molecule has 0 unspecified atom stereocenters. The molecule has 154 valence electrons. The van der Waals surface area contributed by atoms with E-state index in [1.165, 1.54) is 17.1 Å².